The Kier molecular flexibility index (Phi) is 5.27. The summed E-state index contributed by atoms with van der Waals surface area (Å²) in [6, 6.07) is 4.97. The highest BCUT2D eigenvalue weighted by atomic mass is 16.5. The third-order valence-corrected chi connectivity index (χ3v) is 4.10. The van der Waals surface area contributed by atoms with Gasteiger partial charge in [0.1, 0.15) is 12.1 Å². The topological polar surface area (TPSA) is 99.9 Å². The lowest BCUT2D eigenvalue weighted by atomic mass is 10.0. The molecule has 2 rings (SSSR count). The largest absolute Gasteiger partial charge is 0.469 e. The van der Waals surface area contributed by atoms with Crippen molar-refractivity contribution in [3.8, 4) is 6.07 Å². The molecule has 2 unspecified atom stereocenters. The standard InChI is InChI=1S/C17H19N3O5/c1-19(2)11-7-5-6-10-13(9-18)20(16(22)15(10)11)12(17(23)25-4)8-14(21)24-3/h5-7,12-13H,8H2,1-4H3. The van der Waals surface area contributed by atoms with Crippen molar-refractivity contribution in [1.82, 2.24) is 4.90 Å². The van der Waals surface area contributed by atoms with Crippen molar-refractivity contribution in [2.75, 3.05) is 33.2 Å². The molecule has 1 aromatic carbocycles. The zero-order chi connectivity index (χ0) is 18.7. The summed E-state index contributed by atoms with van der Waals surface area (Å²) in [5.41, 5.74) is 1.47. The molecule has 1 aliphatic heterocycles. The number of nitriles is 1. The Hall–Kier alpha value is -3.08. The summed E-state index contributed by atoms with van der Waals surface area (Å²) in [5, 5.41) is 9.60. The van der Waals surface area contributed by atoms with Crippen LogP contribution in [0.3, 0.4) is 0 Å². The van der Waals surface area contributed by atoms with E-state index in [1.165, 1.54) is 7.11 Å². The van der Waals surface area contributed by atoms with Crippen LogP contribution < -0.4 is 4.90 Å². The first-order chi connectivity index (χ1) is 11.9. The molecule has 1 aliphatic rings. The summed E-state index contributed by atoms with van der Waals surface area (Å²) in [7, 11) is 5.90. The van der Waals surface area contributed by atoms with E-state index in [2.05, 4.69) is 4.74 Å². The number of hydrogen-bond acceptors (Lipinski definition) is 7. The van der Waals surface area contributed by atoms with Crippen molar-refractivity contribution in [3.05, 3.63) is 29.3 Å². The van der Waals surface area contributed by atoms with Crippen molar-refractivity contribution in [3.63, 3.8) is 0 Å². The fourth-order valence-corrected chi connectivity index (χ4v) is 2.91. The lowest BCUT2D eigenvalue weighted by molar-refractivity contribution is -0.152. The molecule has 0 saturated carbocycles. The molecule has 2 atom stereocenters. The van der Waals surface area contributed by atoms with Crippen LogP contribution in [0.4, 0.5) is 5.69 Å². The minimum Gasteiger partial charge on any atom is -0.469 e. The van der Waals surface area contributed by atoms with Gasteiger partial charge >= 0.3 is 11.9 Å². The molecular weight excluding hydrogens is 326 g/mol. The van der Waals surface area contributed by atoms with Gasteiger partial charge < -0.3 is 19.3 Å². The highest BCUT2D eigenvalue weighted by Crippen LogP contribution is 2.40. The van der Waals surface area contributed by atoms with Gasteiger partial charge in [0.2, 0.25) is 0 Å². The van der Waals surface area contributed by atoms with Gasteiger partial charge in [-0.1, -0.05) is 12.1 Å². The third kappa shape index (κ3) is 3.13. The predicted molar refractivity (Wildman–Crippen MR) is 87.7 cm³/mol. The summed E-state index contributed by atoms with van der Waals surface area (Å²) >= 11 is 0. The Labute approximate surface area is 145 Å². The fourth-order valence-electron chi connectivity index (χ4n) is 2.91. The van der Waals surface area contributed by atoms with Gasteiger partial charge in [0.25, 0.3) is 5.91 Å². The van der Waals surface area contributed by atoms with E-state index in [-0.39, 0.29) is 0 Å². The normalized spacial score (nSPS) is 16.7. The van der Waals surface area contributed by atoms with Crippen LogP contribution in [0.15, 0.2) is 18.2 Å². The number of carbonyl (C=O) groups excluding carboxylic acids is 3. The lowest BCUT2D eigenvalue weighted by Crippen LogP contribution is -2.45. The highest BCUT2D eigenvalue weighted by Gasteiger charge is 2.46. The number of carbonyl (C=O) groups is 3. The Balaban J connectivity index is 2.55. The second-order valence-electron chi connectivity index (χ2n) is 5.70. The fraction of sp³-hybridized carbons (Fsp3) is 0.412. The first-order valence-electron chi connectivity index (χ1n) is 7.54. The van der Waals surface area contributed by atoms with Gasteiger partial charge in [-0.2, -0.15) is 5.26 Å². The molecule has 0 aromatic heterocycles. The number of hydrogen-bond donors (Lipinski definition) is 0. The van der Waals surface area contributed by atoms with E-state index >= 15 is 0 Å². The van der Waals surface area contributed by atoms with E-state index < -0.39 is 36.4 Å². The predicted octanol–water partition coefficient (Wildman–Crippen LogP) is 0.878. The first kappa shape index (κ1) is 18.3. The maximum atomic E-state index is 13.0. The zero-order valence-corrected chi connectivity index (χ0v) is 14.5. The number of benzene rings is 1. The Morgan fingerprint density at radius 1 is 1.32 bits per heavy atom. The van der Waals surface area contributed by atoms with Crippen LogP contribution in [0.25, 0.3) is 0 Å². The molecule has 1 amide bonds. The van der Waals surface area contributed by atoms with Gasteiger partial charge in [0.05, 0.1) is 32.3 Å². The Morgan fingerprint density at radius 2 is 2.00 bits per heavy atom. The number of methoxy groups -OCH3 is 2. The van der Waals surface area contributed by atoms with Gasteiger partial charge in [0.15, 0.2) is 0 Å². The minimum absolute atomic E-state index is 0.345. The van der Waals surface area contributed by atoms with Gasteiger partial charge in [-0.3, -0.25) is 9.59 Å². The molecule has 0 radical (unpaired) electrons. The van der Waals surface area contributed by atoms with Crippen LogP contribution in [0.5, 0.6) is 0 Å². The highest BCUT2D eigenvalue weighted by molar-refractivity contribution is 6.06. The maximum absolute atomic E-state index is 13.0. The van der Waals surface area contributed by atoms with E-state index in [4.69, 9.17) is 4.74 Å². The summed E-state index contributed by atoms with van der Waals surface area (Å²) in [6.07, 6.45) is -0.390. The Bertz CT molecular complexity index is 753. The van der Waals surface area contributed by atoms with Crippen LogP contribution in [0.2, 0.25) is 0 Å². The van der Waals surface area contributed by atoms with Crippen molar-refractivity contribution >= 4 is 23.5 Å². The zero-order valence-electron chi connectivity index (χ0n) is 14.5. The molecule has 8 nitrogen and oxygen atoms in total. The van der Waals surface area contributed by atoms with Gasteiger partial charge in [-0.15, -0.1) is 0 Å². The lowest BCUT2D eigenvalue weighted by Gasteiger charge is -2.27. The van der Waals surface area contributed by atoms with Crippen LogP contribution in [-0.4, -0.2) is 57.1 Å². The molecule has 1 heterocycles. The molecule has 0 aliphatic carbocycles. The average molecular weight is 345 g/mol. The van der Waals surface area contributed by atoms with Crippen LogP contribution in [-0.2, 0) is 19.1 Å². The Morgan fingerprint density at radius 3 is 2.52 bits per heavy atom. The summed E-state index contributed by atoms with van der Waals surface area (Å²) in [4.78, 5) is 39.7. The molecule has 8 heteroatoms. The minimum atomic E-state index is -1.24. The van der Waals surface area contributed by atoms with Crippen molar-refractivity contribution in [2.24, 2.45) is 0 Å². The van der Waals surface area contributed by atoms with E-state index in [0.29, 0.717) is 16.8 Å². The third-order valence-electron chi connectivity index (χ3n) is 4.10. The van der Waals surface area contributed by atoms with Crippen molar-refractivity contribution in [1.29, 1.82) is 5.26 Å². The number of ether oxygens (including phenoxy) is 2. The van der Waals surface area contributed by atoms with E-state index in [1.807, 2.05) is 6.07 Å². The van der Waals surface area contributed by atoms with Crippen LogP contribution in [0, 0.1) is 11.3 Å². The average Bonchev–Trinajstić information content (AvgIpc) is 2.90. The molecule has 0 fully saturated rings. The molecule has 1 aromatic rings. The molecule has 0 spiro atoms. The van der Waals surface area contributed by atoms with Gasteiger partial charge in [0, 0.05) is 25.3 Å². The first-order valence-corrected chi connectivity index (χ1v) is 7.54. The summed E-state index contributed by atoms with van der Waals surface area (Å²) < 4.78 is 9.33. The molecule has 0 bridgehead atoms. The number of fused-ring (bicyclic) bond motifs is 1. The van der Waals surface area contributed by atoms with Gasteiger partial charge in [-0.05, 0) is 6.07 Å². The maximum Gasteiger partial charge on any atom is 0.329 e. The smallest absolute Gasteiger partial charge is 0.329 e. The molecule has 25 heavy (non-hydrogen) atoms. The number of rotatable bonds is 5. The molecular formula is C17H19N3O5. The number of amides is 1. The van der Waals surface area contributed by atoms with E-state index in [0.717, 1.165) is 12.0 Å². The van der Waals surface area contributed by atoms with Crippen LogP contribution >= 0.6 is 0 Å². The second kappa shape index (κ2) is 7.21. The number of esters is 2. The van der Waals surface area contributed by atoms with Gasteiger partial charge in [-0.25, -0.2) is 4.79 Å². The SMILES string of the molecule is COC(=O)CC(C(=O)OC)N1C(=O)c2c(cccc2N(C)C)C1C#N. The summed E-state index contributed by atoms with van der Waals surface area (Å²) in [6.45, 7) is 0. The monoisotopic (exact) mass is 345 g/mol. The molecule has 0 N–H and O–H groups in total. The van der Waals surface area contributed by atoms with Crippen LogP contribution in [0.1, 0.15) is 28.4 Å². The second-order valence-corrected chi connectivity index (χ2v) is 5.70. The number of anilines is 1. The van der Waals surface area contributed by atoms with Crippen molar-refractivity contribution in [2.45, 2.75) is 18.5 Å². The van der Waals surface area contributed by atoms with E-state index in [1.54, 1.807) is 37.2 Å². The summed E-state index contributed by atoms with van der Waals surface area (Å²) in [5.74, 6) is -1.95. The van der Waals surface area contributed by atoms with Crippen molar-refractivity contribution < 1.29 is 23.9 Å². The van der Waals surface area contributed by atoms with E-state index in [9.17, 15) is 19.6 Å². The molecule has 132 valence electrons. The number of nitrogens with zero attached hydrogens (tertiary/aromatic N) is 3. The quantitative estimate of drug-likeness (QED) is 0.730. The molecule has 0 saturated heterocycles.